The number of carbonyl (C=O) groups is 1. The van der Waals surface area contributed by atoms with Gasteiger partial charge in [0.1, 0.15) is 11.5 Å². The molecule has 0 spiro atoms. The number of fused-ring (bicyclic) bond motifs is 1. The number of alkyl halides is 3. The van der Waals surface area contributed by atoms with Crippen molar-refractivity contribution in [1.29, 1.82) is 0 Å². The monoisotopic (exact) mass is 433 g/mol. The minimum atomic E-state index is -4.41. The Morgan fingerprint density at radius 2 is 2.00 bits per heavy atom. The van der Waals surface area contributed by atoms with Crippen molar-refractivity contribution in [3.05, 3.63) is 53.7 Å². The highest BCUT2D eigenvalue weighted by Crippen LogP contribution is 2.50. The molecule has 0 radical (unpaired) electrons. The predicted octanol–water partition coefficient (Wildman–Crippen LogP) is 3.98. The first kappa shape index (κ1) is 21.2. The summed E-state index contributed by atoms with van der Waals surface area (Å²) in [5, 5.41) is 17.2. The molecule has 1 amide bonds. The van der Waals surface area contributed by atoms with Gasteiger partial charge in [-0.05, 0) is 61.2 Å². The fraction of sp³-hybridized carbons (Fsp3) is 0.364. The maximum Gasteiger partial charge on any atom is 0.416 e. The Morgan fingerprint density at radius 1 is 1.29 bits per heavy atom. The molecule has 6 nitrogen and oxygen atoms in total. The number of amides is 1. The van der Waals surface area contributed by atoms with Crippen LogP contribution in [0, 0.1) is 5.92 Å². The van der Waals surface area contributed by atoms with Gasteiger partial charge in [0, 0.05) is 30.6 Å². The molecule has 4 rings (SSSR count). The highest BCUT2D eigenvalue weighted by Gasteiger charge is 2.45. The number of rotatable bonds is 6. The molecule has 3 atom stereocenters. The largest absolute Gasteiger partial charge is 0.457 e. The molecule has 3 aromatic rings. The Bertz CT molecular complexity index is 1110. The zero-order valence-corrected chi connectivity index (χ0v) is 17.0. The molecule has 1 aliphatic carbocycles. The molecule has 9 heteroatoms. The lowest BCUT2D eigenvalue weighted by Crippen LogP contribution is -2.36. The van der Waals surface area contributed by atoms with Gasteiger partial charge in [-0.3, -0.25) is 9.48 Å². The van der Waals surface area contributed by atoms with Crippen LogP contribution in [0.4, 0.5) is 13.2 Å². The number of aryl methyl sites for hydroxylation is 1. The fourth-order valence-electron chi connectivity index (χ4n) is 3.67. The van der Waals surface area contributed by atoms with E-state index in [2.05, 4.69) is 10.4 Å². The minimum absolute atomic E-state index is 0.0422. The summed E-state index contributed by atoms with van der Waals surface area (Å²) < 4.78 is 45.8. The van der Waals surface area contributed by atoms with Crippen molar-refractivity contribution in [3.63, 3.8) is 0 Å². The molecule has 0 bridgehead atoms. The molecule has 164 valence electrons. The molecule has 1 aromatic heterocycles. The van der Waals surface area contributed by atoms with Gasteiger partial charge in [-0.1, -0.05) is 0 Å². The van der Waals surface area contributed by atoms with Crippen LogP contribution in [0.25, 0.3) is 10.9 Å². The number of halogens is 3. The number of aliphatic hydroxyl groups is 1. The summed E-state index contributed by atoms with van der Waals surface area (Å²) in [5.74, 6) is 0.360. The molecule has 1 fully saturated rings. The van der Waals surface area contributed by atoms with Gasteiger partial charge < -0.3 is 15.2 Å². The summed E-state index contributed by atoms with van der Waals surface area (Å²) in [6, 6.07) is 7.75. The minimum Gasteiger partial charge on any atom is -0.457 e. The lowest BCUT2D eigenvalue weighted by Gasteiger charge is -2.12. The van der Waals surface area contributed by atoms with Crippen molar-refractivity contribution in [2.45, 2.75) is 31.5 Å². The first-order valence-electron chi connectivity index (χ1n) is 9.89. The number of carbonyl (C=O) groups excluding carboxylic acids is 1. The number of nitrogens with one attached hydrogen (secondary N) is 1. The van der Waals surface area contributed by atoms with Gasteiger partial charge in [-0.25, -0.2) is 0 Å². The van der Waals surface area contributed by atoms with Crippen LogP contribution in [-0.4, -0.2) is 33.4 Å². The number of aliphatic hydroxyl groups excluding tert-OH is 1. The average Bonchev–Trinajstić information content (AvgIpc) is 3.41. The highest BCUT2D eigenvalue weighted by molar-refractivity contribution is 5.88. The average molecular weight is 433 g/mol. The van der Waals surface area contributed by atoms with Crippen molar-refractivity contribution in [2.24, 2.45) is 13.0 Å². The summed E-state index contributed by atoms with van der Waals surface area (Å²) in [6.07, 6.45) is -1.93. The molecule has 2 aromatic carbocycles. The zero-order chi connectivity index (χ0) is 22.3. The van der Waals surface area contributed by atoms with E-state index >= 15 is 0 Å². The van der Waals surface area contributed by atoms with E-state index in [1.54, 1.807) is 30.8 Å². The van der Waals surface area contributed by atoms with Crippen LogP contribution in [0.15, 0.2) is 42.6 Å². The van der Waals surface area contributed by atoms with Crippen molar-refractivity contribution < 1.29 is 27.8 Å². The molecule has 0 aliphatic heterocycles. The number of aromatic nitrogens is 2. The van der Waals surface area contributed by atoms with Crippen LogP contribution in [0.2, 0.25) is 0 Å². The summed E-state index contributed by atoms with van der Waals surface area (Å²) in [4.78, 5) is 12.4. The molecule has 1 aliphatic rings. The highest BCUT2D eigenvalue weighted by atomic mass is 19.4. The topological polar surface area (TPSA) is 76.4 Å². The van der Waals surface area contributed by atoms with E-state index in [0.717, 1.165) is 28.6 Å². The van der Waals surface area contributed by atoms with Crippen molar-refractivity contribution >= 4 is 16.8 Å². The maximum absolute atomic E-state index is 12.8. The van der Waals surface area contributed by atoms with Crippen molar-refractivity contribution in [2.75, 3.05) is 6.61 Å². The van der Waals surface area contributed by atoms with E-state index < -0.39 is 11.7 Å². The molecular weight excluding hydrogens is 411 g/mol. The van der Waals surface area contributed by atoms with Gasteiger partial charge in [0.25, 0.3) is 0 Å². The molecule has 31 heavy (non-hydrogen) atoms. The number of hydrogen-bond donors (Lipinski definition) is 2. The predicted molar refractivity (Wildman–Crippen MR) is 108 cm³/mol. The Balaban J connectivity index is 1.60. The van der Waals surface area contributed by atoms with Gasteiger partial charge in [0.05, 0.1) is 17.7 Å². The molecule has 2 N–H and O–H groups in total. The second-order valence-corrected chi connectivity index (χ2v) is 7.92. The summed E-state index contributed by atoms with van der Waals surface area (Å²) >= 11 is 0. The summed E-state index contributed by atoms with van der Waals surface area (Å²) in [7, 11) is 1.79. The van der Waals surface area contributed by atoms with Crippen LogP contribution < -0.4 is 10.1 Å². The van der Waals surface area contributed by atoms with Crippen LogP contribution in [-0.2, 0) is 18.0 Å². The molecule has 0 saturated heterocycles. The lowest BCUT2D eigenvalue weighted by molar-refractivity contribution is -0.137. The van der Waals surface area contributed by atoms with Crippen LogP contribution in [0.5, 0.6) is 11.5 Å². The second-order valence-electron chi connectivity index (χ2n) is 7.92. The van der Waals surface area contributed by atoms with Gasteiger partial charge >= 0.3 is 6.18 Å². The third-order valence-electron chi connectivity index (χ3n) is 5.33. The van der Waals surface area contributed by atoms with E-state index in [4.69, 9.17) is 9.84 Å². The van der Waals surface area contributed by atoms with E-state index in [1.807, 2.05) is 6.20 Å². The van der Waals surface area contributed by atoms with Crippen LogP contribution in [0.3, 0.4) is 0 Å². The molecule has 1 heterocycles. The van der Waals surface area contributed by atoms with Gasteiger partial charge in [0.15, 0.2) is 0 Å². The lowest BCUT2D eigenvalue weighted by atomic mass is 10.0. The Morgan fingerprint density at radius 3 is 2.65 bits per heavy atom. The van der Waals surface area contributed by atoms with Crippen molar-refractivity contribution in [1.82, 2.24) is 15.1 Å². The molecular formula is C22H22F3N3O3. The maximum atomic E-state index is 12.8. The molecule has 0 unspecified atom stereocenters. The number of benzene rings is 2. The van der Waals surface area contributed by atoms with Crippen LogP contribution in [0.1, 0.15) is 30.4 Å². The van der Waals surface area contributed by atoms with Gasteiger partial charge in [-0.2, -0.15) is 18.3 Å². The number of hydrogen-bond acceptors (Lipinski definition) is 4. The van der Waals surface area contributed by atoms with Gasteiger partial charge in [0.2, 0.25) is 5.91 Å². The van der Waals surface area contributed by atoms with E-state index in [9.17, 15) is 18.0 Å². The van der Waals surface area contributed by atoms with E-state index in [1.165, 1.54) is 12.1 Å². The van der Waals surface area contributed by atoms with Crippen LogP contribution >= 0.6 is 0 Å². The number of nitrogens with zero attached hydrogens (tertiary/aromatic N) is 2. The van der Waals surface area contributed by atoms with Gasteiger partial charge in [-0.15, -0.1) is 0 Å². The Labute approximate surface area is 176 Å². The normalized spacial score (nSPS) is 19.3. The third-order valence-corrected chi connectivity index (χ3v) is 5.33. The number of ether oxygens (including phenoxy) is 1. The molecule has 1 saturated carbocycles. The van der Waals surface area contributed by atoms with E-state index in [-0.39, 0.29) is 36.1 Å². The Kier molecular flexibility index (Phi) is 5.38. The second kappa shape index (κ2) is 7.88. The first-order valence-corrected chi connectivity index (χ1v) is 9.89. The van der Waals surface area contributed by atoms with E-state index in [0.29, 0.717) is 12.2 Å². The standard InChI is InChI=1S/C22H22F3N3O3/c1-12(11-29)26-21(30)19-9-17(19)18-8-16(7-13-10-28(2)27-20(13)18)31-15-5-3-14(4-6-15)22(23,24)25/h3-8,10,12,17,19,29H,9,11H2,1-2H3,(H,26,30)/t12-,17+,19-/m1/s1. The SMILES string of the molecule is C[C@H](CO)NC(=O)[C@@H]1C[C@H]1c1cc(Oc2ccc(C(F)(F)F)cc2)cc2cn(C)nc12. The zero-order valence-electron chi connectivity index (χ0n) is 17.0. The third kappa shape index (κ3) is 4.51. The van der Waals surface area contributed by atoms with Crippen molar-refractivity contribution in [3.8, 4) is 11.5 Å². The smallest absolute Gasteiger partial charge is 0.416 e. The quantitative estimate of drug-likeness (QED) is 0.617. The fourth-order valence-corrected chi connectivity index (χ4v) is 3.67. The Hall–Kier alpha value is -3.07. The summed E-state index contributed by atoms with van der Waals surface area (Å²) in [6.45, 7) is 1.59. The summed E-state index contributed by atoms with van der Waals surface area (Å²) in [5.41, 5.74) is 0.877. The first-order chi connectivity index (χ1) is 14.7.